The molecule has 1 aliphatic heterocycles. The summed E-state index contributed by atoms with van der Waals surface area (Å²) in [7, 11) is 0. The molecule has 3 nitrogen and oxygen atoms in total. The molecule has 0 fully saturated rings. The van der Waals surface area contributed by atoms with Crippen LogP contribution in [0.2, 0.25) is 0 Å². The van der Waals surface area contributed by atoms with E-state index in [9.17, 15) is 4.79 Å². The smallest absolute Gasteiger partial charge is 0.255 e. The number of amides is 1. The molecule has 0 saturated heterocycles. The van der Waals surface area contributed by atoms with E-state index in [-0.39, 0.29) is 5.91 Å². The zero-order valence-corrected chi connectivity index (χ0v) is 12.5. The van der Waals surface area contributed by atoms with Gasteiger partial charge in [-0.2, -0.15) is 0 Å². The molecular formula is C18H20N2O. The first-order valence-electron chi connectivity index (χ1n) is 7.34. The number of benzene rings is 2. The molecule has 1 heterocycles. The van der Waals surface area contributed by atoms with Crippen LogP contribution in [-0.2, 0) is 13.0 Å². The van der Waals surface area contributed by atoms with E-state index >= 15 is 0 Å². The lowest BCUT2D eigenvalue weighted by atomic mass is 10.00. The van der Waals surface area contributed by atoms with Crippen molar-refractivity contribution in [3.8, 4) is 0 Å². The Morgan fingerprint density at radius 1 is 1.10 bits per heavy atom. The van der Waals surface area contributed by atoms with Crippen molar-refractivity contribution < 1.29 is 4.79 Å². The molecule has 2 N–H and O–H groups in total. The molecule has 0 unspecified atom stereocenters. The Labute approximate surface area is 125 Å². The third kappa shape index (κ3) is 2.98. The Balaban J connectivity index is 1.81. The fraction of sp³-hybridized carbons (Fsp3) is 0.278. The average Bonchev–Trinajstić information content (AvgIpc) is 2.47. The molecule has 0 saturated carbocycles. The summed E-state index contributed by atoms with van der Waals surface area (Å²) in [4.78, 5) is 12.4. The zero-order valence-electron chi connectivity index (χ0n) is 12.5. The number of rotatable bonds is 2. The fourth-order valence-electron chi connectivity index (χ4n) is 2.83. The Morgan fingerprint density at radius 2 is 1.95 bits per heavy atom. The maximum absolute atomic E-state index is 12.4. The molecular weight excluding hydrogens is 260 g/mol. The van der Waals surface area contributed by atoms with Crippen molar-refractivity contribution in [1.82, 2.24) is 5.32 Å². The lowest BCUT2D eigenvalue weighted by molar-refractivity contribution is 0.102. The Bertz CT molecular complexity index is 692. The van der Waals surface area contributed by atoms with E-state index in [4.69, 9.17) is 0 Å². The van der Waals surface area contributed by atoms with Gasteiger partial charge in [0.25, 0.3) is 5.91 Å². The molecule has 3 heteroatoms. The van der Waals surface area contributed by atoms with Crippen LogP contribution in [0, 0.1) is 13.8 Å². The molecule has 2 aromatic rings. The van der Waals surface area contributed by atoms with Gasteiger partial charge < -0.3 is 10.6 Å². The van der Waals surface area contributed by atoms with Crippen molar-refractivity contribution in [2.75, 3.05) is 11.9 Å². The number of nitrogens with one attached hydrogen (secondary N) is 2. The van der Waals surface area contributed by atoms with Crippen LogP contribution < -0.4 is 10.6 Å². The van der Waals surface area contributed by atoms with Crippen LogP contribution >= 0.6 is 0 Å². The lowest BCUT2D eigenvalue weighted by Crippen LogP contribution is -2.23. The topological polar surface area (TPSA) is 41.1 Å². The van der Waals surface area contributed by atoms with Gasteiger partial charge >= 0.3 is 0 Å². The number of hydrogen-bond donors (Lipinski definition) is 2. The second kappa shape index (κ2) is 5.70. The van der Waals surface area contributed by atoms with Crippen molar-refractivity contribution in [1.29, 1.82) is 0 Å². The number of carbonyl (C=O) groups excluding carboxylic acids is 1. The second-order valence-electron chi connectivity index (χ2n) is 5.68. The maximum atomic E-state index is 12.4. The molecule has 0 atom stereocenters. The van der Waals surface area contributed by atoms with Crippen molar-refractivity contribution in [2.24, 2.45) is 0 Å². The minimum absolute atomic E-state index is 0.0452. The molecule has 0 spiro atoms. The molecule has 0 radical (unpaired) electrons. The molecule has 0 bridgehead atoms. The van der Waals surface area contributed by atoms with Gasteiger partial charge in [-0.3, -0.25) is 4.79 Å². The van der Waals surface area contributed by atoms with Gasteiger partial charge in [0, 0.05) is 17.8 Å². The predicted octanol–water partition coefficient (Wildman–Crippen LogP) is 3.20. The highest BCUT2D eigenvalue weighted by atomic mass is 16.1. The van der Waals surface area contributed by atoms with E-state index in [2.05, 4.69) is 22.8 Å². The van der Waals surface area contributed by atoms with E-state index in [0.717, 1.165) is 36.3 Å². The first kappa shape index (κ1) is 13.8. The summed E-state index contributed by atoms with van der Waals surface area (Å²) < 4.78 is 0. The van der Waals surface area contributed by atoms with E-state index < -0.39 is 0 Å². The minimum atomic E-state index is -0.0452. The Kier molecular flexibility index (Phi) is 3.76. The molecule has 1 aliphatic rings. The van der Waals surface area contributed by atoms with Gasteiger partial charge in [0.15, 0.2) is 0 Å². The van der Waals surface area contributed by atoms with Gasteiger partial charge in [-0.05, 0) is 61.7 Å². The van der Waals surface area contributed by atoms with Crippen LogP contribution in [0.1, 0.15) is 32.6 Å². The normalized spacial score (nSPS) is 13.6. The van der Waals surface area contributed by atoms with Gasteiger partial charge in [-0.25, -0.2) is 0 Å². The average molecular weight is 280 g/mol. The number of hydrogen-bond acceptors (Lipinski definition) is 2. The van der Waals surface area contributed by atoms with E-state index in [1.54, 1.807) is 0 Å². The van der Waals surface area contributed by atoms with Crippen molar-refractivity contribution in [2.45, 2.75) is 26.8 Å². The third-order valence-electron chi connectivity index (χ3n) is 3.98. The summed E-state index contributed by atoms with van der Waals surface area (Å²) in [6.45, 7) is 5.91. The largest absolute Gasteiger partial charge is 0.322 e. The molecule has 1 amide bonds. The van der Waals surface area contributed by atoms with Gasteiger partial charge in [-0.15, -0.1) is 0 Å². The van der Waals surface area contributed by atoms with Crippen LogP contribution in [0.3, 0.4) is 0 Å². The van der Waals surface area contributed by atoms with Gasteiger partial charge in [0.2, 0.25) is 0 Å². The first-order chi connectivity index (χ1) is 10.1. The summed E-state index contributed by atoms with van der Waals surface area (Å²) in [5.41, 5.74) is 6.42. The van der Waals surface area contributed by atoms with E-state index in [1.165, 1.54) is 16.7 Å². The highest BCUT2D eigenvalue weighted by molar-refractivity contribution is 6.05. The Hall–Kier alpha value is -2.13. The highest BCUT2D eigenvalue weighted by Gasteiger charge is 2.12. The quantitative estimate of drug-likeness (QED) is 0.887. The van der Waals surface area contributed by atoms with Crippen LogP contribution in [0.25, 0.3) is 0 Å². The van der Waals surface area contributed by atoms with Gasteiger partial charge in [0.1, 0.15) is 0 Å². The summed E-state index contributed by atoms with van der Waals surface area (Å²) in [6.07, 6.45) is 1.06. The second-order valence-corrected chi connectivity index (χ2v) is 5.68. The molecule has 108 valence electrons. The number of fused-ring (bicyclic) bond motifs is 1. The number of carbonyl (C=O) groups is 1. The Morgan fingerprint density at radius 3 is 2.76 bits per heavy atom. The summed E-state index contributed by atoms with van der Waals surface area (Å²) in [5, 5.41) is 6.36. The molecule has 21 heavy (non-hydrogen) atoms. The molecule has 0 aliphatic carbocycles. The molecule has 2 aromatic carbocycles. The van der Waals surface area contributed by atoms with Crippen LogP contribution in [0.15, 0.2) is 36.4 Å². The third-order valence-corrected chi connectivity index (χ3v) is 3.98. The molecule has 0 aromatic heterocycles. The summed E-state index contributed by atoms with van der Waals surface area (Å²) >= 11 is 0. The fourth-order valence-corrected chi connectivity index (χ4v) is 2.83. The number of aryl methyl sites for hydroxylation is 2. The van der Waals surface area contributed by atoms with Gasteiger partial charge in [-0.1, -0.05) is 23.8 Å². The lowest BCUT2D eigenvalue weighted by Gasteiger charge is -2.18. The zero-order chi connectivity index (χ0) is 14.8. The SMILES string of the molecule is Cc1ccc(C(=O)Nc2ccc3c(c2)CNCC3)c(C)c1. The first-order valence-corrected chi connectivity index (χ1v) is 7.34. The van der Waals surface area contributed by atoms with Crippen molar-refractivity contribution in [3.05, 3.63) is 64.2 Å². The highest BCUT2D eigenvalue weighted by Crippen LogP contribution is 2.20. The predicted molar refractivity (Wildman–Crippen MR) is 85.7 cm³/mol. The van der Waals surface area contributed by atoms with Crippen molar-refractivity contribution >= 4 is 11.6 Å². The number of anilines is 1. The van der Waals surface area contributed by atoms with Gasteiger partial charge in [0.05, 0.1) is 0 Å². The van der Waals surface area contributed by atoms with E-state index in [1.807, 2.05) is 38.1 Å². The summed E-state index contributed by atoms with van der Waals surface area (Å²) in [6, 6.07) is 12.1. The minimum Gasteiger partial charge on any atom is -0.322 e. The monoisotopic (exact) mass is 280 g/mol. The summed E-state index contributed by atoms with van der Waals surface area (Å²) in [5.74, 6) is -0.0452. The van der Waals surface area contributed by atoms with E-state index in [0.29, 0.717) is 0 Å². The molecule has 3 rings (SSSR count). The van der Waals surface area contributed by atoms with Crippen molar-refractivity contribution in [3.63, 3.8) is 0 Å². The standard InChI is InChI=1S/C18H20N2O/c1-12-3-6-17(13(2)9-12)18(21)20-16-5-4-14-7-8-19-11-15(14)10-16/h3-6,9-10,19H,7-8,11H2,1-2H3,(H,20,21). The van der Waals surface area contributed by atoms with Crippen LogP contribution in [0.4, 0.5) is 5.69 Å². The maximum Gasteiger partial charge on any atom is 0.255 e. The van der Waals surface area contributed by atoms with Crippen LogP contribution in [0.5, 0.6) is 0 Å². The van der Waals surface area contributed by atoms with Crippen LogP contribution in [-0.4, -0.2) is 12.5 Å².